The fourth-order valence-corrected chi connectivity index (χ4v) is 3.88. The lowest BCUT2D eigenvalue weighted by molar-refractivity contribution is -0.137. The SMILES string of the molecule is CC(C)[C@H](CO)NC(=O)c1cccc(Nc2ncc(C(F)(F)F)c(NCc3cccnc3N(O)S(C)(=O)=O)n2)c1. The molecule has 1 amide bonds. The largest absolute Gasteiger partial charge is 0.421 e. The standard InChI is InChI=1S/C24H28F3N7O5S/c1-14(2)19(13-35)32-22(36)15-6-4-8-17(10-15)31-23-30-12-18(24(25,26)27)20(33-23)29-11-16-7-5-9-28-21(16)34(37)40(3,38)39/h4-10,12,14,19,35,37H,11,13H2,1-3H3,(H,32,36)(H2,29,30,31,33)/t19-/m0/s1. The Morgan fingerprint density at radius 2 is 1.88 bits per heavy atom. The van der Waals surface area contributed by atoms with Gasteiger partial charge in [0.05, 0.1) is 18.9 Å². The quantitative estimate of drug-likeness (QED) is 0.211. The maximum absolute atomic E-state index is 13.7. The predicted molar refractivity (Wildman–Crippen MR) is 141 cm³/mol. The van der Waals surface area contributed by atoms with Crippen LogP contribution in [0.15, 0.2) is 48.8 Å². The van der Waals surface area contributed by atoms with Gasteiger partial charge in [0.1, 0.15) is 11.4 Å². The fraction of sp³-hybridized carbons (Fsp3) is 0.333. The maximum atomic E-state index is 13.7. The van der Waals surface area contributed by atoms with Crippen molar-refractivity contribution in [2.45, 2.75) is 32.6 Å². The summed E-state index contributed by atoms with van der Waals surface area (Å²) in [6, 6.07) is 8.40. The summed E-state index contributed by atoms with van der Waals surface area (Å²) in [5.41, 5.74) is -0.581. The minimum atomic E-state index is -4.83. The van der Waals surface area contributed by atoms with Gasteiger partial charge in [-0.3, -0.25) is 10.0 Å². The minimum absolute atomic E-state index is 0.0173. The van der Waals surface area contributed by atoms with Crippen LogP contribution in [-0.4, -0.2) is 58.5 Å². The van der Waals surface area contributed by atoms with E-state index < -0.39 is 45.3 Å². The number of anilines is 4. The Kier molecular flexibility index (Phi) is 9.49. The highest BCUT2D eigenvalue weighted by molar-refractivity contribution is 7.91. The van der Waals surface area contributed by atoms with E-state index in [9.17, 15) is 36.7 Å². The van der Waals surface area contributed by atoms with E-state index in [0.717, 1.165) is 6.26 Å². The number of rotatable bonds is 11. The first-order valence-electron chi connectivity index (χ1n) is 11.8. The summed E-state index contributed by atoms with van der Waals surface area (Å²) in [4.78, 5) is 24.1. The molecule has 2 aromatic heterocycles. The molecule has 0 unspecified atom stereocenters. The number of amides is 1. The van der Waals surface area contributed by atoms with Gasteiger partial charge in [0, 0.05) is 35.8 Å². The molecule has 216 valence electrons. The first-order chi connectivity index (χ1) is 18.7. The third-order valence-electron chi connectivity index (χ3n) is 5.60. The first kappa shape index (κ1) is 30.5. The molecular weight excluding hydrogens is 555 g/mol. The van der Waals surface area contributed by atoms with Gasteiger partial charge >= 0.3 is 6.18 Å². The van der Waals surface area contributed by atoms with Crippen molar-refractivity contribution in [1.82, 2.24) is 20.3 Å². The average molecular weight is 584 g/mol. The number of aliphatic hydroxyl groups excluding tert-OH is 1. The number of carbonyl (C=O) groups excluding carboxylic acids is 1. The summed E-state index contributed by atoms with van der Waals surface area (Å²) < 4.78 is 64.4. The molecule has 5 N–H and O–H groups in total. The average Bonchev–Trinajstić information content (AvgIpc) is 2.89. The van der Waals surface area contributed by atoms with Gasteiger partial charge in [-0.05, 0) is 30.2 Å². The Balaban J connectivity index is 1.86. The molecule has 0 bridgehead atoms. The van der Waals surface area contributed by atoms with E-state index >= 15 is 0 Å². The van der Waals surface area contributed by atoms with Crippen LogP contribution >= 0.6 is 0 Å². The van der Waals surface area contributed by atoms with Gasteiger partial charge in [-0.1, -0.05) is 26.0 Å². The van der Waals surface area contributed by atoms with E-state index in [0.29, 0.717) is 11.9 Å². The number of aromatic nitrogens is 3. The van der Waals surface area contributed by atoms with Gasteiger partial charge in [-0.15, -0.1) is 4.47 Å². The molecule has 2 heterocycles. The molecule has 0 spiro atoms. The molecule has 16 heteroatoms. The molecule has 0 aliphatic carbocycles. The number of benzene rings is 1. The van der Waals surface area contributed by atoms with Crippen molar-refractivity contribution in [2.75, 3.05) is 28.0 Å². The van der Waals surface area contributed by atoms with Crippen LogP contribution in [0.1, 0.15) is 35.3 Å². The fourth-order valence-electron chi connectivity index (χ4n) is 3.40. The van der Waals surface area contributed by atoms with Crippen LogP contribution in [0.3, 0.4) is 0 Å². The molecule has 0 aliphatic heterocycles. The van der Waals surface area contributed by atoms with Gasteiger partial charge < -0.3 is 21.1 Å². The normalized spacial score (nSPS) is 12.6. The summed E-state index contributed by atoms with van der Waals surface area (Å²) in [5, 5.41) is 27.4. The summed E-state index contributed by atoms with van der Waals surface area (Å²) in [6.45, 7) is 3.05. The smallest absolute Gasteiger partial charge is 0.394 e. The third-order valence-corrected chi connectivity index (χ3v) is 6.40. The van der Waals surface area contributed by atoms with Crippen LogP contribution in [0.2, 0.25) is 0 Å². The van der Waals surface area contributed by atoms with Crippen molar-refractivity contribution in [3.05, 3.63) is 65.5 Å². The lowest BCUT2D eigenvalue weighted by Crippen LogP contribution is -2.41. The van der Waals surface area contributed by atoms with Crippen molar-refractivity contribution >= 4 is 39.2 Å². The molecule has 0 saturated heterocycles. The van der Waals surface area contributed by atoms with Crippen molar-refractivity contribution < 1.29 is 36.7 Å². The molecule has 1 atom stereocenters. The number of hydrogen-bond donors (Lipinski definition) is 5. The highest BCUT2D eigenvalue weighted by Crippen LogP contribution is 2.34. The van der Waals surface area contributed by atoms with Crippen LogP contribution in [0, 0.1) is 5.92 Å². The third kappa shape index (κ3) is 7.77. The molecule has 3 aromatic rings. The highest BCUT2D eigenvalue weighted by Gasteiger charge is 2.35. The number of nitrogens with one attached hydrogen (secondary N) is 3. The Bertz CT molecular complexity index is 1450. The van der Waals surface area contributed by atoms with Crippen LogP contribution in [0.4, 0.5) is 36.4 Å². The predicted octanol–water partition coefficient (Wildman–Crippen LogP) is 3.15. The summed E-state index contributed by atoms with van der Waals surface area (Å²) >= 11 is 0. The van der Waals surface area contributed by atoms with E-state index in [-0.39, 0.29) is 40.6 Å². The second-order valence-corrected chi connectivity index (χ2v) is 10.8. The van der Waals surface area contributed by atoms with Crippen LogP contribution < -0.4 is 20.4 Å². The number of pyridine rings is 1. The van der Waals surface area contributed by atoms with Gasteiger partial charge in [-0.2, -0.15) is 18.2 Å². The number of alkyl halides is 3. The molecule has 0 saturated carbocycles. The molecule has 3 rings (SSSR count). The van der Waals surface area contributed by atoms with E-state index in [1.807, 2.05) is 13.8 Å². The number of aliphatic hydroxyl groups is 1. The van der Waals surface area contributed by atoms with E-state index in [2.05, 4.69) is 30.9 Å². The Morgan fingerprint density at radius 3 is 2.50 bits per heavy atom. The van der Waals surface area contributed by atoms with Gasteiger partial charge in [0.15, 0.2) is 5.82 Å². The van der Waals surface area contributed by atoms with Crippen LogP contribution in [-0.2, 0) is 22.7 Å². The number of hydrogen-bond acceptors (Lipinski definition) is 10. The molecular formula is C24H28F3N7O5S. The number of carbonyl (C=O) groups is 1. The summed E-state index contributed by atoms with van der Waals surface area (Å²) in [5.74, 6) is -1.72. The van der Waals surface area contributed by atoms with E-state index in [1.165, 1.54) is 30.5 Å². The molecule has 40 heavy (non-hydrogen) atoms. The molecule has 12 nitrogen and oxygen atoms in total. The first-order valence-corrected chi connectivity index (χ1v) is 13.7. The van der Waals surface area contributed by atoms with Crippen molar-refractivity contribution in [1.29, 1.82) is 0 Å². The summed E-state index contributed by atoms with van der Waals surface area (Å²) in [7, 11) is -4.11. The second kappa shape index (κ2) is 12.4. The zero-order chi connectivity index (χ0) is 29.7. The van der Waals surface area contributed by atoms with Gasteiger partial charge in [0.2, 0.25) is 5.95 Å². The zero-order valence-corrected chi connectivity index (χ0v) is 22.5. The maximum Gasteiger partial charge on any atom is 0.421 e. The lowest BCUT2D eigenvalue weighted by Gasteiger charge is -2.20. The monoisotopic (exact) mass is 583 g/mol. The van der Waals surface area contributed by atoms with Crippen molar-refractivity contribution in [2.24, 2.45) is 5.92 Å². The lowest BCUT2D eigenvalue weighted by atomic mass is 10.0. The number of nitrogens with zero attached hydrogens (tertiary/aromatic N) is 4. The topological polar surface area (TPSA) is 170 Å². The van der Waals surface area contributed by atoms with Gasteiger partial charge in [-0.25, -0.2) is 18.4 Å². The van der Waals surface area contributed by atoms with E-state index in [1.54, 1.807) is 12.1 Å². The second-order valence-electron chi connectivity index (χ2n) is 9.01. The van der Waals surface area contributed by atoms with Gasteiger partial charge in [0.25, 0.3) is 15.9 Å². The summed E-state index contributed by atoms with van der Waals surface area (Å²) in [6.07, 6.45) is -2.31. The number of sulfonamides is 1. The Hall–Kier alpha value is -4.02. The Morgan fingerprint density at radius 1 is 1.15 bits per heavy atom. The molecule has 0 aliphatic rings. The van der Waals surface area contributed by atoms with Crippen LogP contribution in [0.25, 0.3) is 0 Å². The zero-order valence-electron chi connectivity index (χ0n) is 21.6. The van der Waals surface area contributed by atoms with Crippen molar-refractivity contribution in [3.63, 3.8) is 0 Å². The number of halogens is 3. The molecule has 0 radical (unpaired) electrons. The van der Waals surface area contributed by atoms with Crippen molar-refractivity contribution in [3.8, 4) is 0 Å². The highest BCUT2D eigenvalue weighted by atomic mass is 32.2. The molecule has 0 fully saturated rings. The Labute approximate surface area is 228 Å². The van der Waals surface area contributed by atoms with E-state index in [4.69, 9.17) is 0 Å². The van der Waals surface area contributed by atoms with Crippen LogP contribution in [0.5, 0.6) is 0 Å². The minimum Gasteiger partial charge on any atom is -0.394 e. The molecule has 1 aromatic carbocycles.